The molecule has 0 N–H and O–H groups in total. The van der Waals surface area contributed by atoms with Crippen molar-refractivity contribution in [1.82, 2.24) is 0 Å². The van der Waals surface area contributed by atoms with E-state index in [1.807, 2.05) is 0 Å². The number of benzene rings is 1. The van der Waals surface area contributed by atoms with Crippen molar-refractivity contribution in [2.24, 2.45) is 0 Å². The lowest BCUT2D eigenvalue weighted by atomic mass is 9.92. The van der Waals surface area contributed by atoms with Gasteiger partial charge in [0.05, 0.1) is 11.6 Å². The van der Waals surface area contributed by atoms with E-state index in [2.05, 4.69) is 0 Å². The zero-order valence-electron chi connectivity index (χ0n) is 7.31. The van der Waals surface area contributed by atoms with E-state index in [-0.39, 0.29) is 0 Å². The van der Waals surface area contributed by atoms with Crippen LogP contribution in [-0.4, -0.2) is 6.61 Å². The third-order valence-corrected chi connectivity index (χ3v) is 2.64. The Morgan fingerprint density at radius 3 is 3.00 bits per heavy atom. The molecule has 2 rings (SSSR count). The van der Waals surface area contributed by atoms with E-state index in [0.29, 0.717) is 29.4 Å². The molecular weight excluding hydrogens is 191 g/mol. The van der Waals surface area contributed by atoms with Crippen LogP contribution in [0.1, 0.15) is 18.9 Å². The Hall–Kier alpha value is -0.760. The van der Waals surface area contributed by atoms with Crippen LogP contribution in [0.15, 0.2) is 18.2 Å². The minimum Gasteiger partial charge on any atom is -0.491 e. The van der Waals surface area contributed by atoms with Gasteiger partial charge >= 0.3 is 0 Å². The van der Waals surface area contributed by atoms with Crippen molar-refractivity contribution in [3.8, 4) is 5.75 Å². The Morgan fingerprint density at radius 2 is 2.31 bits per heavy atom. The molecule has 1 atom stereocenters. The van der Waals surface area contributed by atoms with Gasteiger partial charge in [-0.25, -0.2) is 4.39 Å². The van der Waals surface area contributed by atoms with Gasteiger partial charge < -0.3 is 4.74 Å². The minimum absolute atomic E-state index is 0.389. The van der Waals surface area contributed by atoms with Crippen molar-refractivity contribution >= 4 is 11.6 Å². The van der Waals surface area contributed by atoms with Crippen molar-refractivity contribution < 1.29 is 9.13 Å². The molecule has 1 aromatic rings. The summed E-state index contributed by atoms with van der Waals surface area (Å²) in [5.74, 6) is 0.500. The molecule has 0 fully saturated rings. The van der Waals surface area contributed by atoms with Crippen molar-refractivity contribution in [2.45, 2.75) is 19.0 Å². The van der Waals surface area contributed by atoms with Gasteiger partial charge in [-0.2, -0.15) is 0 Å². The standard InChI is InChI=1S/C10H10ClFO/c1-10(12)5-6-13-9-7(10)3-2-4-8(9)11/h2-4H,5-6H2,1H3. The van der Waals surface area contributed by atoms with Gasteiger partial charge in [-0.05, 0) is 13.0 Å². The monoisotopic (exact) mass is 200 g/mol. The highest BCUT2D eigenvalue weighted by molar-refractivity contribution is 6.32. The van der Waals surface area contributed by atoms with Gasteiger partial charge in [-0.3, -0.25) is 0 Å². The average molecular weight is 201 g/mol. The van der Waals surface area contributed by atoms with Crippen LogP contribution in [-0.2, 0) is 5.67 Å². The second-order valence-corrected chi connectivity index (χ2v) is 3.82. The predicted molar refractivity (Wildman–Crippen MR) is 50.0 cm³/mol. The number of alkyl halides is 1. The van der Waals surface area contributed by atoms with E-state index < -0.39 is 5.67 Å². The maximum Gasteiger partial charge on any atom is 0.144 e. The summed E-state index contributed by atoms with van der Waals surface area (Å²) in [5, 5.41) is 0.487. The van der Waals surface area contributed by atoms with Gasteiger partial charge in [-0.1, -0.05) is 23.7 Å². The highest BCUT2D eigenvalue weighted by Crippen LogP contribution is 2.42. The van der Waals surface area contributed by atoms with E-state index in [1.54, 1.807) is 25.1 Å². The maximum absolute atomic E-state index is 13.9. The first-order chi connectivity index (χ1) is 6.11. The molecule has 0 amide bonds. The number of ether oxygens (including phenoxy) is 1. The summed E-state index contributed by atoms with van der Waals surface area (Å²) < 4.78 is 19.2. The number of halogens is 2. The summed E-state index contributed by atoms with van der Waals surface area (Å²) >= 11 is 5.88. The third-order valence-electron chi connectivity index (χ3n) is 2.35. The summed E-state index contributed by atoms with van der Waals surface area (Å²) in [6.07, 6.45) is 0.389. The van der Waals surface area contributed by atoms with Crippen molar-refractivity contribution in [2.75, 3.05) is 6.61 Å². The molecule has 0 bridgehead atoms. The zero-order valence-corrected chi connectivity index (χ0v) is 8.07. The Bertz CT molecular complexity index is 336. The quantitative estimate of drug-likeness (QED) is 0.625. The van der Waals surface area contributed by atoms with Crippen molar-refractivity contribution in [3.63, 3.8) is 0 Å². The molecule has 0 aliphatic carbocycles. The van der Waals surface area contributed by atoms with Crippen LogP contribution in [0.3, 0.4) is 0 Å². The molecular formula is C10H10ClFO. The van der Waals surface area contributed by atoms with Gasteiger partial charge in [0.25, 0.3) is 0 Å². The number of fused-ring (bicyclic) bond motifs is 1. The molecule has 1 aromatic carbocycles. The lowest BCUT2D eigenvalue weighted by Gasteiger charge is -2.29. The van der Waals surface area contributed by atoms with Crippen LogP contribution >= 0.6 is 11.6 Å². The van der Waals surface area contributed by atoms with Crippen LogP contribution in [0.2, 0.25) is 5.02 Å². The molecule has 0 spiro atoms. The normalized spacial score (nSPS) is 26.4. The molecule has 1 aliphatic heterocycles. The summed E-state index contributed by atoms with van der Waals surface area (Å²) in [6.45, 7) is 1.95. The Morgan fingerprint density at radius 1 is 1.54 bits per heavy atom. The molecule has 0 saturated heterocycles. The third kappa shape index (κ3) is 1.39. The molecule has 0 radical (unpaired) electrons. The Balaban J connectivity index is 2.58. The van der Waals surface area contributed by atoms with Crippen LogP contribution < -0.4 is 4.74 Å². The zero-order chi connectivity index (χ0) is 9.47. The fourth-order valence-corrected chi connectivity index (χ4v) is 1.77. The second kappa shape index (κ2) is 2.88. The molecule has 0 aromatic heterocycles. The van der Waals surface area contributed by atoms with E-state index in [1.165, 1.54) is 0 Å². The predicted octanol–water partition coefficient (Wildman–Crippen LogP) is 3.31. The maximum atomic E-state index is 13.9. The minimum atomic E-state index is -1.31. The second-order valence-electron chi connectivity index (χ2n) is 3.41. The van der Waals surface area contributed by atoms with Crippen LogP contribution in [0, 0.1) is 0 Å². The number of hydrogen-bond donors (Lipinski definition) is 0. The largest absolute Gasteiger partial charge is 0.491 e. The molecule has 70 valence electrons. The molecule has 1 unspecified atom stereocenters. The Labute approximate surface area is 81.5 Å². The van der Waals surface area contributed by atoms with Crippen LogP contribution in [0.25, 0.3) is 0 Å². The first-order valence-corrected chi connectivity index (χ1v) is 4.60. The lowest BCUT2D eigenvalue weighted by Crippen LogP contribution is -2.25. The van der Waals surface area contributed by atoms with Crippen molar-refractivity contribution in [1.29, 1.82) is 0 Å². The number of rotatable bonds is 0. The van der Waals surface area contributed by atoms with E-state index in [4.69, 9.17) is 16.3 Å². The molecule has 0 saturated carbocycles. The van der Waals surface area contributed by atoms with E-state index >= 15 is 0 Å². The fourth-order valence-electron chi connectivity index (χ4n) is 1.55. The van der Waals surface area contributed by atoms with E-state index in [9.17, 15) is 4.39 Å². The number of hydrogen-bond acceptors (Lipinski definition) is 1. The summed E-state index contributed by atoms with van der Waals surface area (Å²) in [7, 11) is 0. The SMILES string of the molecule is CC1(F)CCOc2c(Cl)cccc21. The average Bonchev–Trinajstić information content (AvgIpc) is 2.06. The Kier molecular flexibility index (Phi) is 1.95. The van der Waals surface area contributed by atoms with Crippen molar-refractivity contribution in [3.05, 3.63) is 28.8 Å². The molecule has 3 heteroatoms. The molecule has 1 aliphatic rings. The highest BCUT2D eigenvalue weighted by Gasteiger charge is 2.33. The van der Waals surface area contributed by atoms with E-state index in [0.717, 1.165) is 0 Å². The van der Waals surface area contributed by atoms with Gasteiger partial charge in [0.1, 0.15) is 11.4 Å². The van der Waals surface area contributed by atoms with Crippen LogP contribution in [0.5, 0.6) is 5.75 Å². The first-order valence-electron chi connectivity index (χ1n) is 4.22. The molecule has 1 heterocycles. The topological polar surface area (TPSA) is 9.23 Å². The molecule has 1 nitrogen and oxygen atoms in total. The molecule has 13 heavy (non-hydrogen) atoms. The van der Waals surface area contributed by atoms with Crippen LogP contribution in [0.4, 0.5) is 4.39 Å². The first kappa shape index (κ1) is 8.82. The van der Waals surface area contributed by atoms with Gasteiger partial charge in [-0.15, -0.1) is 0 Å². The summed E-state index contributed by atoms with van der Waals surface area (Å²) in [5.41, 5.74) is -0.746. The van der Waals surface area contributed by atoms with Gasteiger partial charge in [0, 0.05) is 12.0 Å². The summed E-state index contributed by atoms with van der Waals surface area (Å²) in [6, 6.07) is 5.18. The summed E-state index contributed by atoms with van der Waals surface area (Å²) in [4.78, 5) is 0. The van der Waals surface area contributed by atoms with Gasteiger partial charge in [0.15, 0.2) is 0 Å². The fraction of sp³-hybridized carbons (Fsp3) is 0.400. The smallest absolute Gasteiger partial charge is 0.144 e. The number of para-hydroxylation sites is 1. The lowest BCUT2D eigenvalue weighted by molar-refractivity contribution is 0.110. The van der Waals surface area contributed by atoms with Gasteiger partial charge in [0.2, 0.25) is 0 Å². The highest BCUT2D eigenvalue weighted by atomic mass is 35.5.